The number of ether oxygens (including phenoxy) is 1. The zero-order valence-corrected chi connectivity index (χ0v) is 36.3. The van der Waals surface area contributed by atoms with Crippen molar-refractivity contribution in [3.8, 4) is 11.1 Å². The number of rotatable bonds is 22. The van der Waals surface area contributed by atoms with Gasteiger partial charge in [-0.2, -0.15) is 0 Å². The highest BCUT2D eigenvalue weighted by atomic mass is 16.5. The fourth-order valence-electron chi connectivity index (χ4n) is 7.53. The van der Waals surface area contributed by atoms with Crippen LogP contribution in [0, 0.1) is 0 Å². The van der Waals surface area contributed by atoms with Crippen LogP contribution in [0.2, 0.25) is 0 Å². The molecule has 1 aliphatic rings. The molecule has 0 saturated carbocycles. The fraction of sp³-hybridized carbons (Fsp3) is 0.340. The van der Waals surface area contributed by atoms with Crippen molar-refractivity contribution in [1.82, 2.24) is 31.6 Å². The quantitative estimate of drug-likeness (QED) is 0.0243. The standard InChI is InChI=1S/C47H58N10O7/c1-4-6-20-37(41(48)58)54-44(61)38(23-14-24-51-46(49)50)55-45(62)40(25-29-26-52-36-22-13-12-15-30(29)36)56-42(59)28(3)53-43(60)39(21-7-5-2)57-47(63)64-27-35-33-18-10-8-16-31(33)32-17-9-11-19-34(32)35/h4-13,15-19,22,26,28,35,37-40,52H,14,20-21,23-25,27H2,1-3H3,(H2,48,58)(H,53,60)(H,54,61)(H,55,62)(H,56,59)(H,57,63)(H4,49,50,51)/b6-4+,7-5+/t28-,37-,38-,39-,40-/m0/s1. The van der Waals surface area contributed by atoms with E-state index >= 15 is 0 Å². The number of primary amides is 1. The molecule has 1 heterocycles. The molecule has 6 amide bonds. The Bertz CT molecular complexity index is 2340. The van der Waals surface area contributed by atoms with E-state index in [4.69, 9.17) is 21.9 Å². The average molecular weight is 875 g/mol. The van der Waals surface area contributed by atoms with Gasteiger partial charge in [0.2, 0.25) is 29.5 Å². The van der Waals surface area contributed by atoms with E-state index in [2.05, 4.69) is 36.6 Å². The molecule has 4 aromatic rings. The first kappa shape index (κ1) is 47.6. The van der Waals surface area contributed by atoms with Gasteiger partial charge >= 0.3 is 6.09 Å². The van der Waals surface area contributed by atoms with Gasteiger partial charge in [0, 0.05) is 36.0 Å². The number of nitrogens with one attached hydrogen (secondary N) is 6. The van der Waals surface area contributed by atoms with E-state index < -0.39 is 65.8 Å². The number of hydrogen-bond acceptors (Lipinski definition) is 8. The van der Waals surface area contributed by atoms with E-state index in [0.717, 1.165) is 33.2 Å². The number of carbonyl (C=O) groups is 6. The predicted molar refractivity (Wildman–Crippen MR) is 245 cm³/mol. The normalized spacial score (nSPS) is 14.4. The molecule has 64 heavy (non-hydrogen) atoms. The second-order valence-electron chi connectivity index (χ2n) is 15.5. The number of allylic oxidation sites excluding steroid dienone is 2. The predicted octanol–water partition coefficient (Wildman–Crippen LogP) is 3.05. The van der Waals surface area contributed by atoms with Gasteiger partial charge in [-0.05, 0) is 80.3 Å². The van der Waals surface area contributed by atoms with Crippen LogP contribution in [0.1, 0.15) is 69.1 Å². The number of carbonyl (C=O) groups excluding carboxylic acids is 6. The summed E-state index contributed by atoms with van der Waals surface area (Å²) in [6.07, 6.45) is 8.29. The molecule has 0 radical (unpaired) electrons. The summed E-state index contributed by atoms with van der Waals surface area (Å²) in [4.78, 5) is 88.1. The highest BCUT2D eigenvalue weighted by Crippen LogP contribution is 2.44. The number of para-hydroxylation sites is 1. The third kappa shape index (κ3) is 12.8. The van der Waals surface area contributed by atoms with Crippen molar-refractivity contribution in [3.63, 3.8) is 0 Å². The number of guanidine groups is 1. The van der Waals surface area contributed by atoms with E-state index in [-0.39, 0.29) is 57.1 Å². The van der Waals surface area contributed by atoms with Crippen molar-refractivity contribution in [2.75, 3.05) is 13.2 Å². The number of H-pyrrole nitrogens is 1. The van der Waals surface area contributed by atoms with Gasteiger partial charge in [0.25, 0.3) is 0 Å². The summed E-state index contributed by atoms with van der Waals surface area (Å²) in [6, 6.07) is 17.5. The monoisotopic (exact) mass is 874 g/mol. The zero-order chi connectivity index (χ0) is 46.2. The summed E-state index contributed by atoms with van der Waals surface area (Å²) in [5.74, 6) is -3.87. The molecule has 17 heteroatoms. The van der Waals surface area contributed by atoms with Gasteiger partial charge in [-0.25, -0.2) is 4.79 Å². The smallest absolute Gasteiger partial charge is 0.407 e. The topological polar surface area (TPSA) is 278 Å². The third-order valence-corrected chi connectivity index (χ3v) is 10.9. The number of aliphatic imine (C=N–C) groups is 1. The van der Waals surface area contributed by atoms with Gasteiger partial charge < -0.3 is 53.5 Å². The molecule has 3 aromatic carbocycles. The summed E-state index contributed by atoms with van der Waals surface area (Å²) < 4.78 is 5.70. The molecule has 0 fully saturated rings. The molecule has 0 saturated heterocycles. The van der Waals surface area contributed by atoms with Crippen LogP contribution in [-0.2, 0) is 35.1 Å². The number of nitrogens with two attached hydrogens (primary N) is 3. The Morgan fingerprint density at radius 3 is 1.91 bits per heavy atom. The highest BCUT2D eigenvalue weighted by Gasteiger charge is 2.33. The molecule has 1 aliphatic carbocycles. The number of amides is 6. The Morgan fingerprint density at radius 2 is 1.27 bits per heavy atom. The lowest BCUT2D eigenvalue weighted by molar-refractivity contribution is -0.134. The lowest BCUT2D eigenvalue weighted by atomic mass is 9.98. The number of nitrogens with zero attached hydrogens (tertiary/aromatic N) is 1. The van der Waals surface area contributed by atoms with E-state index in [0.29, 0.717) is 5.56 Å². The van der Waals surface area contributed by atoms with E-state index in [1.807, 2.05) is 72.8 Å². The van der Waals surface area contributed by atoms with Crippen molar-refractivity contribution in [1.29, 1.82) is 0 Å². The van der Waals surface area contributed by atoms with Crippen molar-refractivity contribution in [2.45, 2.75) is 89.0 Å². The number of benzene rings is 3. The third-order valence-electron chi connectivity index (χ3n) is 10.9. The van der Waals surface area contributed by atoms with Crippen LogP contribution in [0.5, 0.6) is 0 Å². The Morgan fingerprint density at radius 1 is 0.703 bits per heavy atom. The molecule has 0 unspecified atom stereocenters. The van der Waals surface area contributed by atoms with Gasteiger partial charge in [-0.3, -0.25) is 29.0 Å². The maximum Gasteiger partial charge on any atom is 0.407 e. The molecular weight excluding hydrogens is 817 g/mol. The minimum absolute atomic E-state index is 0.0109. The minimum atomic E-state index is -1.26. The Hall–Kier alpha value is -7.43. The Labute approximate surface area is 372 Å². The van der Waals surface area contributed by atoms with Crippen LogP contribution in [-0.4, -0.2) is 89.9 Å². The number of alkyl carbamates (subject to hydrolysis) is 1. The summed E-state index contributed by atoms with van der Waals surface area (Å²) >= 11 is 0. The van der Waals surface area contributed by atoms with Crippen LogP contribution < -0.4 is 43.8 Å². The van der Waals surface area contributed by atoms with E-state index in [1.54, 1.807) is 44.3 Å². The van der Waals surface area contributed by atoms with Gasteiger partial charge in [0.15, 0.2) is 5.96 Å². The zero-order valence-electron chi connectivity index (χ0n) is 36.3. The van der Waals surface area contributed by atoms with Gasteiger partial charge in [-0.15, -0.1) is 0 Å². The molecule has 5 atom stereocenters. The summed E-state index contributed by atoms with van der Waals surface area (Å²) in [5.41, 5.74) is 22.3. The molecule has 0 aliphatic heterocycles. The average Bonchev–Trinajstić information content (AvgIpc) is 3.84. The Balaban J connectivity index is 1.29. The van der Waals surface area contributed by atoms with Crippen molar-refractivity contribution in [3.05, 3.63) is 120 Å². The lowest BCUT2D eigenvalue weighted by Gasteiger charge is -2.26. The maximum atomic E-state index is 14.2. The van der Waals surface area contributed by atoms with Gasteiger partial charge in [0.05, 0.1) is 0 Å². The molecule has 17 nitrogen and oxygen atoms in total. The van der Waals surface area contributed by atoms with Crippen LogP contribution in [0.15, 0.2) is 108 Å². The van der Waals surface area contributed by atoms with Crippen molar-refractivity contribution < 1.29 is 33.5 Å². The summed E-state index contributed by atoms with van der Waals surface area (Å²) in [7, 11) is 0. The maximum absolute atomic E-state index is 14.2. The van der Waals surface area contributed by atoms with Gasteiger partial charge in [-0.1, -0.05) is 91.0 Å². The van der Waals surface area contributed by atoms with Crippen LogP contribution in [0.4, 0.5) is 4.79 Å². The lowest BCUT2D eigenvalue weighted by Crippen LogP contribution is -2.59. The number of fused-ring (bicyclic) bond motifs is 4. The van der Waals surface area contributed by atoms with Gasteiger partial charge in [0.1, 0.15) is 36.8 Å². The van der Waals surface area contributed by atoms with E-state index in [1.165, 1.54) is 6.92 Å². The number of aromatic nitrogens is 1. The highest BCUT2D eigenvalue weighted by molar-refractivity contribution is 5.96. The molecular formula is C47H58N10O7. The molecule has 338 valence electrons. The first-order valence-corrected chi connectivity index (χ1v) is 21.3. The van der Waals surface area contributed by atoms with E-state index in [9.17, 15) is 28.8 Å². The molecule has 0 spiro atoms. The molecule has 12 N–H and O–H groups in total. The minimum Gasteiger partial charge on any atom is -0.449 e. The summed E-state index contributed by atoms with van der Waals surface area (Å²) in [5, 5.41) is 14.2. The van der Waals surface area contributed by atoms with Crippen molar-refractivity contribution in [2.24, 2.45) is 22.2 Å². The first-order valence-electron chi connectivity index (χ1n) is 21.3. The van der Waals surface area contributed by atoms with Crippen LogP contribution in [0.25, 0.3) is 22.0 Å². The fourth-order valence-corrected chi connectivity index (χ4v) is 7.53. The second-order valence-corrected chi connectivity index (χ2v) is 15.5. The molecule has 0 bridgehead atoms. The number of hydrogen-bond donors (Lipinski definition) is 9. The molecule has 5 rings (SSSR count). The molecule has 1 aromatic heterocycles. The van der Waals surface area contributed by atoms with Crippen LogP contribution >= 0.6 is 0 Å². The SMILES string of the molecule is C/C=C/C[C@H](NC(=O)[C@H](CCCN=C(N)N)NC(=O)[C@H](Cc1c[nH]c2ccccc12)NC(=O)[C@H](C)NC(=O)[C@H](C/C=C/C)NC(=O)OCC1c2ccccc2-c2ccccc21)C(N)=O. The first-order chi connectivity index (χ1) is 30.8. The summed E-state index contributed by atoms with van der Waals surface area (Å²) in [6.45, 7) is 5.17. The largest absolute Gasteiger partial charge is 0.449 e. The Kier molecular flexibility index (Phi) is 17.2. The second kappa shape index (κ2) is 23.1. The number of aromatic amines is 1. The van der Waals surface area contributed by atoms with Crippen LogP contribution in [0.3, 0.4) is 0 Å². The van der Waals surface area contributed by atoms with Crippen molar-refractivity contribution >= 4 is 52.5 Å².